The van der Waals surface area contributed by atoms with Gasteiger partial charge >= 0.3 is 0 Å². The largest absolute Gasteiger partial charge is 0.497 e. The monoisotopic (exact) mass is 405 g/mol. The Hall–Kier alpha value is -0.980. The molecule has 0 unspecified atom stereocenters. The number of ether oxygens (including phenoxy) is 1. The van der Waals surface area contributed by atoms with Crippen LogP contribution in [0.5, 0.6) is 5.75 Å². The van der Waals surface area contributed by atoms with Crippen LogP contribution in [-0.2, 0) is 6.54 Å². The predicted octanol–water partition coefficient (Wildman–Crippen LogP) is 3.48. The number of rotatable bonds is 7. The Morgan fingerprint density at radius 3 is 2.57 bits per heavy atom. The van der Waals surface area contributed by atoms with E-state index in [4.69, 9.17) is 4.74 Å². The first kappa shape index (κ1) is 20.0. The highest BCUT2D eigenvalue weighted by molar-refractivity contribution is 14.0. The van der Waals surface area contributed by atoms with Crippen molar-refractivity contribution in [3.05, 3.63) is 29.3 Å². The molecule has 0 aliphatic heterocycles. The van der Waals surface area contributed by atoms with E-state index in [2.05, 4.69) is 42.5 Å². The van der Waals surface area contributed by atoms with E-state index >= 15 is 0 Å². The van der Waals surface area contributed by atoms with Crippen molar-refractivity contribution in [1.82, 2.24) is 10.6 Å². The Bertz CT molecular complexity index is 436. The summed E-state index contributed by atoms with van der Waals surface area (Å²) >= 11 is 0. The van der Waals surface area contributed by atoms with Gasteiger partial charge in [-0.1, -0.05) is 19.4 Å². The molecule has 0 aliphatic rings. The van der Waals surface area contributed by atoms with E-state index in [9.17, 15) is 0 Å². The minimum absolute atomic E-state index is 0. The van der Waals surface area contributed by atoms with E-state index in [1.807, 2.05) is 12.1 Å². The van der Waals surface area contributed by atoms with Crippen molar-refractivity contribution in [2.75, 3.05) is 20.2 Å². The molecule has 120 valence electrons. The van der Waals surface area contributed by atoms with Gasteiger partial charge in [-0.2, -0.15) is 0 Å². The number of hydrogen-bond donors (Lipinski definition) is 2. The van der Waals surface area contributed by atoms with Gasteiger partial charge in [-0.3, -0.25) is 0 Å². The van der Waals surface area contributed by atoms with E-state index in [1.54, 1.807) is 7.11 Å². The molecule has 2 N–H and O–H groups in total. The third-order valence-corrected chi connectivity index (χ3v) is 2.93. The van der Waals surface area contributed by atoms with Crippen LogP contribution in [0.15, 0.2) is 23.2 Å². The van der Waals surface area contributed by atoms with Crippen LogP contribution < -0.4 is 15.4 Å². The van der Waals surface area contributed by atoms with Crippen LogP contribution >= 0.6 is 24.0 Å². The Kier molecular flexibility index (Phi) is 11.1. The van der Waals surface area contributed by atoms with Gasteiger partial charge in [-0.05, 0) is 43.5 Å². The standard InChI is InChI=1S/C16H27N3O.HI/c1-5-7-8-18-16(17-6-2)19-12-14-9-13(3)10-15(11-14)20-4;/h9-11H,5-8,12H2,1-4H3,(H2,17,18,19);1H. The molecule has 0 bridgehead atoms. The molecule has 0 amide bonds. The van der Waals surface area contributed by atoms with Crippen LogP contribution in [0.4, 0.5) is 0 Å². The Morgan fingerprint density at radius 2 is 1.95 bits per heavy atom. The van der Waals surface area contributed by atoms with Crippen LogP contribution in [0, 0.1) is 6.92 Å². The highest BCUT2D eigenvalue weighted by atomic mass is 127. The van der Waals surface area contributed by atoms with Crippen molar-refractivity contribution in [1.29, 1.82) is 0 Å². The van der Waals surface area contributed by atoms with Crippen molar-refractivity contribution in [2.45, 2.75) is 40.2 Å². The fourth-order valence-corrected chi connectivity index (χ4v) is 1.93. The number of halogens is 1. The SMILES string of the molecule is CCCCNC(=NCc1cc(C)cc(OC)c1)NCC.I. The number of nitrogens with one attached hydrogen (secondary N) is 2. The molecular weight excluding hydrogens is 377 g/mol. The molecule has 4 nitrogen and oxygen atoms in total. The predicted molar refractivity (Wildman–Crippen MR) is 101 cm³/mol. The quantitative estimate of drug-likeness (QED) is 0.316. The molecule has 1 aromatic rings. The Balaban J connectivity index is 0.00000400. The van der Waals surface area contributed by atoms with Crippen LogP contribution in [0.1, 0.15) is 37.8 Å². The maximum Gasteiger partial charge on any atom is 0.191 e. The molecule has 0 aromatic heterocycles. The average molecular weight is 405 g/mol. The molecule has 1 aromatic carbocycles. The summed E-state index contributed by atoms with van der Waals surface area (Å²) in [6.45, 7) is 8.81. The van der Waals surface area contributed by atoms with Gasteiger partial charge in [0.15, 0.2) is 5.96 Å². The van der Waals surface area contributed by atoms with Crippen molar-refractivity contribution in [3.63, 3.8) is 0 Å². The van der Waals surface area contributed by atoms with Gasteiger partial charge in [0.1, 0.15) is 5.75 Å². The maximum atomic E-state index is 5.29. The lowest BCUT2D eigenvalue weighted by Crippen LogP contribution is -2.37. The van der Waals surface area contributed by atoms with Crippen molar-refractivity contribution in [2.24, 2.45) is 4.99 Å². The number of hydrogen-bond acceptors (Lipinski definition) is 2. The maximum absolute atomic E-state index is 5.29. The summed E-state index contributed by atoms with van der Waals surface area (Å²) in [5, 5.41) is 6.61. The lowest BCUT2D eigenvalue weighted by atomic mass is 10.1. The van der Waals surface area contributed by atoms with Gasteiger partial charge < -0.3 is 15.4 Å². The molecule has 0 atom stereocenters. The smallest absolute Gasteiger partial charge is 0.191 e. The third-order valence-electron chi connectivity index (χ3n) is 2.93. The summed E-state index contributed by atoms with van der Waals surface area (Å²) in [7, 11) is 1.69. The van der Waals surface area contributed by atoms with Crippen LogP contribution in [0.25, 0.3) is 0 Å². The molecule has 1 rings (SSSR count). The van der Waals surface area contributed by atoms with E-state index < -0.39 is 0 Å². The molecule has 0 saturated heterocycles. The molecule has 0 fully saturated rings. The summed E-state index contributed by atoms with van der Waals surface area (Å²) in [5.41, 5.74) is 2.35. The summed E-state index contributed by atoms with van der Waals surface area (Å²) in [5.74, 6) is 1.76. The summed E-state index contributed by atoms with van der Waals surface area (Å²) < 4.78 is 5.29. The number of aryl methyl sites for hydroxylation is 1. The second-order valence-corrected chi connectivity index (χ2v) is 4.83. The average Bonchev–Trinajstić information content (AvgIpc) is 2.44. The second kappa shape index (κ2) is 11.7. The minimum atomic E-state index is 0. The fourth-order valence-electron chi connectivity index (χ4n) is 1.93. The van der Waals surface area contributed by atoms with Gasteiger partial charge in [-0.15, -0.1) is 24.0 Å². The van der Waals surface area contributed by atoms with Crippen molar-refractivity contribution in [3.8, 4) is 5.75 Å². The fraction of sp³-hybridized carbons (Fsp3) is 0.562. The van der Waals surface area contributed by atoms with E-state index in [0.717, 1.165) is 36.8 Å². The zero-order valence-electron chi connectivity index (χ0n) is 13.5. The van der Waals surface area contributed by atoms with E-state index in [1.165, 1.54) is 12.0 Å². The molecule has 0 radical (unpaired) electrons. The van der Waals surface area contributed by atoms with Crippen molar-refractivity contribution >= 4 is 29.9 Å². The van der Waals surface area contributed by atoms with Gasteiger partial charge in [0, 0.05) is 13.1 Å². The highest BCUT2D eigenvalue weighted by Crippen LogP contribution is 2.16. The van der Waals surface area contributed by atoms with E-state index in [-0.39, 0.29) is 24.0 Å². The Morgan fingerprint density at radius 1 is 1.19 bits per heavy atom. The molecule has 0 saturated carbocycles. The molecule has 21 heavy (non-hydrogen) atoms. The molecule has 0 heterocycles. The first-order chi connectivity index (χ1) is 9.69. The lowest BCUT2D eigenvalue weighted by molar-refractivity contribution is 0.414. The lowest BCUT2D eigenvalue weighted by Gasteiger charge is -2.11. The number of benzene rings is 1. The van der Waals surface area contributed by atoms with Gasteiger partial charge in [0.25, 0.3) is 0 Å². The molecule has 0 aliphatic carbocycles. The van der Waals surface area contributed by atoms with Crippen molar-refractivity contribution < 1.29 is 4.74 Å². The first-order valence-corrected chi connectivity index (χ1v) is 7.36. The topological polar surface area (TPSA) is 45.7 Å². The number of aliphatic imine (C=N–C) groups is 1. The molecule has 5 heteroatoms. The minimum Gasteiger partial charge on any atom is -0.497 e. The highest BCUT2D eigenvalue weighted by Gasteiger charge is 2.00. The Labute approximate surface area is 145 Å². The number of methoxy groups -OCH3 is 1. The summed E-state index contributed by atoms with van der Waals surface area (Å²) in [4.78, 5) is 4.61. The molecule has 0 spiro atoms. The first-order valence-electron chi connectivity index (χ1n) is 7.36. The zero-order chi connectivity index (χ0) is 14.8. The molecular formula is C16H28IN3O. The summed E-state index contributed by atoms with van der Waals surface area (Å²) in [6.07, 6.45) is 2.34. The zero-order valence-corrected chi connectivity index (χ0v) is 15.9. The van der Waals surface area contributed by atoms with Crippen LogP contribution in [0.3, 0.4) is 0 Å². The number of guanidine groups is 1. The normalized spacial score (nSPS) is 10.8. The summed E-state index contributed by atoms with van der Waals surface area (Å²) in [6, 6.07) is 6.20. The van der Waals surface area contributed by atoms with E-state index in [0.29, 0.717) is 6.54 Å². The third kappa shape index (κ3) is 8.14. The van der Waals surface area contributed by atoms with Crippen LogP contribution in [0.2, 0.25) is 0 Å². The second-order valence-electron chi connectivity index (χ2n) is 4.83. The van der Waals surface area contributed by atoms with Gasteiger partial charge in [0.05, 0.1) is 13.7 Å². The van der Waals surface area contributed by atoms with Gasteiger partial charge in [-0.25, -0.2) is 4.99 Å². The van der Waals surface area contributed by atoms with Gasteiger partial charge in [0.2, 0.25) is 0 Å². The number of unbranched alkanes of at least 4 members (excludes halogenated alkanes) is 1. The number of nitrogens with zero attached hydrogens (tertiary/aromatic N) is 1. The van der Waals surface area contributed by atoms with Crippen LogP contribution in [-0.4, -0.2) is 26.2 Å².